The van der Waals surface area contributed by atoms with Crippen LogP contribution in [0, 0.1) is 6.92 Å². The zero-order chi connectivity index (χ0) is 32.4. The molecule has 0 aliphatic carbocycles. The Morgan fingerprint density at radius 1 is 0.739 bits per heavy atom. The Kier molecular flexibility index (Phi) is 11.5. The molecule has 1 unspecified atom stereocenters. The summed E-state index contributed by atoms with van der Waals surface area (Å²) in [5.74, 6) is -0.484. The monoisotopic (exact) mass is 620 g/mol. The average molecular weight is 621 g/mol. The van der Waals surface area contributed by atoms with Gasteiger partial charge in [0, 0.05) is 17.0 Å². The first-order valence-corrected chi connectivity index (χ1v) is 17.3. The van der Waals surface area contributed by atoms with Crippen molar-refractivity contribution in [3.63, 3.8) is 0 Å². The first kappa shape index (κ1) is 33.2. The summed E-state index contributed by atoms with van der Waals surface area (Å²) in [6, 6.07) is 24.8. The Morgan fingerprint density at radius 3 is 1.93 bits per heavy atom. The number of rotatable bonds is 18. The van der Waals surface area contributed by atoms with Crippen LogP contribution in [-0.4, -0.2) is 11.1 Å². The molecule has 2 aromatic heterocycles. The Labute approximate surface area is 272 Å². The molecule has 1 N–H and O–H groups in total. The predicted molar refractivity (Wildman–Crippen MR) is 188 cm³/mol. The zero-order valence-corrected chi connectivity index (χ0v) is 27.5. The van der Waals surface area contributed by atoms with Crippen molar-refractivity contribution in [2.45, 2.75) is 109 Å². The number of hydrogen-bond acceptors (Lipinski definition) is 4. The zero-order valence-electron chi connectivity index (χ0n) is 27.5. The molecule has 0 fully saturated rings. The maximum atomic E-state index is 13.7. The van der Waals surface area contributed by atoms with Crippen LogP contribution in [0.4, 0.5) is 0 Å². The molecular formula is C41H48O5. The van der Waals surface area contributed by atoms with Gasteiger partial charge in [0.2, 0.25) is 0 Å². The maximum Gasteiger partial charge on any atom is 0.336 e. The molecule has 0 aliphatic rings. The number of aryl methyl sites for hydroxylation is 1. The fraction of sp³-hybridized carbons (Fsp3) is 0.415. The minimum Gasteiger partial charge on any atom is -0.480 e. The van der Waals surface area contributed by atoms with E-state index < -0.39 is 17.0 Å². The summed E-state index contributed by atoms with van der Waals surface area (Å²) in [6.45, 7) is 4.14. The van der Waals surface area contributed by atoms with Gasteiger partial charge in [0.05, 0.1) is 5.39 Å². The number of carbonyl (C=O) groups is 1. The van der Waals surface area contributed by atoms with E-state index in [-0.39, 0.29) is 0 Å². The molecule has 1 atom stereocenters. The lowest BCUT2D eigenvalue weighted by atomic mass is 9.73. The summed E-state index contributed by atoms with van der Waals surface area (Å²) >= 11 is 0. The second kappa shape index (κ2) is 15.9. The first-order valence-electron chi connectivity index (χ1n) is 17.3. The van der Waals surface area contributed by atoms with Gasteiger partial charge in [-0.2, -0.15) is 0 Å². The van der Waals surface area contributed by atoms with E-state index in [2.05, 4.69) is 6.92 Å². The van der Waals surface area contributed by atoms with Crippen molar-refractivity contribution in [2.24, 2.45) is 0 Å². The lowest BCUT2D eigenvalue weighted by molar-refractivity contribution is -0.145. The van der Waals surface area contributed by atoms with Gasteiger partial charge in [-0.25, -0.2) is 4.79 Å². The molecule has 0 saturated heterocycles. The van der Waals surface area contributed by atoms with Gasteiger partial charge in [0.15, 0.2) is 0 Å². The second-order valence-electron chi connectivity index (χ2n) is 12.9. The molecule has 242 valence electrons. The highest BCUT2D eigenvalue weighted by molar-refractivity contribution is 6.12. The molecule has 5 aromatic rings. The van der Waals surface area contributed by atoms with E-state index in [4.69, 9.17) is 8.83 Å². The van der Waals surface area contributed by atoms with Gasteiger partial charge in [0.25, 0.3) is 0 Å². The predicted octanol–water partition coefficient (Wildman–Crippen LogP) is 11.2. The number of carboxylic acid groups (broad SMARTS) is 1. The van der Waals surface area contributed by atoms with Crippen molar-refractivity contribution in [3.05, 3.63) is 106 Å². The van der Waals surface area contributed by atoms with Gasteiger partial charge in [0.1, 0.15) is 22.3 Å². The Hall–Kier alpha value is -4.12. The number of fused-ring (bicyclic) bond motifs is 3. The third-order valence-electron chi connectivity index (χ3n) is 9.48. The van der Waals surface area contributed by atoms with E-state index in [1.807, 2.05) is 79.7 Å². The first-order chi connectivity index (χ1) is 22.4. The summed E-state index contributed by atoms with van der Waals surface area (Å²) in [4.78, 5) is 26.3. The number of benzene rings is 3. The molecule has 46 heavy (non-hydrogen) atoms. The largest absolute Gasteiger partial charge is 0.480 e. The van der Waals surface area contributed by atoms with Crippen LogP contribution in [0.25, 0.3) is 33.1 Å². The average Bonchev–Trinajstić information content (AvgIpc) is 3.46. The van der Waals surface area contributed by atoms with E-state index in [0.717, 1.165) is 41.3 Å². The van der Waals surface area contributed by atoms with Gasteiger partial charge in [-0.15, -0.1) is 0 Å². The van der Waals surface area contributed by atoms with Crippen molar-refractivity contribution in [3.8, 4) is 11.1 Å². The van der Waals surface area contributed by atoms with E-state index in [9.17, 15) is 14.7 Å². The third-order valence-corrected chi connectivity index (χ3v) is 9.48. The van der Waals surface area contributed by atoms with Gasteiger partial charge < -0.3 is 13.9 Å². The summed E-state index contributed by atoms with van der Waals surface area (Å²) in [7, 11) is 0. The lowest BCUT2D eigenvalue weighted by Gasteiger charge is -2.29. The van der Waals surface area contributed by atoms with Gasteiger partial charge in [-0.05, 0) is 48.6 Å². The third kappa shape index (κ3) is 7.63. The van der Waals surface area contributed by atoms with E-state index in [1.54, 1.807) is 0 Å². The van der Waals surface area contributed by atoms with Crippen LogP contribution in [0.1, 0.15) is 107 Å². The van der Waals surface area contributed by atoms with Crippen molar-refractivity contribution in [2.75, 3.05) is 0 Å². The topological polar surface area (TPSA) is 80.6 Å². The van der Waals surface area contributed by atoms with Gasteiger partial charge in [-0.1, -0.05) is 145 Å². The quantitative estimate of drug-likeness (QED) is 0.0778. The Balaban J connectivity index is 1.49. The van der Waals surface area contributed by atoms with E-state index in [1.165, 1.54) is 63.9 Å². The molecule has 5 heteroatoms. The Morgan fingerprint density at radius 2 is 1.33 bits per heavy atom. The molecule has 0 spiro atoms. The molecule has 0 amide bonds. The normalized spacial score (nSPS) is 12.9. The fourth-order valence-corrected chi connectivity index (χ4v) is 6.95. The number of hydrogen-bond donors (Lipinski definition) is 1. The minimum absolute atomic E-state index is 0.293. The standard InChI is InChI=1S/C41H48O5/c1-3-4-5-6-7-8-9-10-11-12-13-20-27-41(40(43)44,29-31-21-16-14-17-22-31)39-36(32-23-18-15-19-24-32)37-34(45-39)26-25-33-30(2)28-35(42)46-38(33)37/h14-19,21-26,28H,3-13,20,27,29H2,1-2H3,(H,43,44). The number of aliphatic carboxylic acids is 1. The van der Waals surface area contributed by atoms with Crippen molar-refractivity contribution >= 4 is 27.9 Å². The van der Waals surface area contributed by atoms with Crippen molar-refractivity contribution < 1.29 is 18.7 Å². The van der Waals surface area contributed by atoms with Gasteiger partial charge >= 0.3 is 11.6 Å². The molecule has 0 bridgehead atoms. The highest BCUT2D eigenvalue weighted by atomic mass is 16.4. The Bertz CT molecular complexity index is 1770. The molecule has 5 rings (SSSR count). The van der Waals surface area contributed by atoms with Crippen LogP contribution in [0.5, 0.6) is 0 Å². The molecule has 3 aromatic carbocycles. The number of unbranched alkanes of at least 4 members (excludes halogenated alkanes) is 11. The molecule has 0 radical (unpaired) electrons. The minimum atomic E-state index is -1.32. The van der Waals surface area contributed by atoms with Crippen molar-refractivity contribution in [1.82, 2.24) is 0 Å². The van der Waals surface area contributed by atoms with Crippen LogP contribution in [0.2, 0.25) is 0 Å². The highest BCUT2D eigenvalue weighted by Crippen LogP contribution is 2.47. The molecule has 2 heterocycles. The van der Waals surface area contributed by atoms with E-state index in [0.29, 0.717) is 40.7 Å². The smallest absolute Gasteiger partial charge is 0.336 e. The summed E-state index contributed by atoms with van der Waals surface area (Å²) in [5.41, 5.74) is 2.46. The van der Waals surface area contributed by atoms with Crippen LogP contribution >= 0.6 is 0 Å². The summed E-state index contributed by atoms with van der Waals surface area (Å²) in [5, 5.41) is 12.6. The summed E-state index contributed by atoms with van der Waals surface area (Å²) < 4.78 is 12.5. The lowest BCUT2D eigenvalue weighted by Crippen LogP contribution is -2.38. The van der Waals surface area contributed by atoms with Crippen LogP contribution < -0.4 is 5.63 Å². The number of carboxylic acids is 1. The molecular weight excluding hydrogens is 572 g/mol. The maximum absolute atomic E-state index is 13.7. The van der Waals surface area contributed by atoms with Crippen LogP contribution in [0.15, 0.2) is 92.5 Å². The molecule has 0 aliphatic heterocycles. The van der Waals surface area contributed by atoms with Crippen LogP contribution in [-0.2, 0) is 16.6 Å². The van der Waals surface area contributed by atoms with Crippen LogP contribution in [0.3, 0.4) is 0 Å². The summed E-state index contributed by atoms with van der Waals surface area (Å²) in [6.07, 6.45) is 15.2. The fourth-order valence-electron chi connectivity index (χ4n) is 6.95. The SMILES string of the molecule is CCCCCCCCCCCCCCC(Cc1ccccc1)(C(=O)O)c1oc2ccc3c(C)cc(=O)oc3c2c1-c1ccccc1. The number of furan rings is 1. The molecule has 0 saturated carbocycles. The second-order valence-corrected chi connectivity index (χ2v) is 12.9. The van der Waals surface area contributed by atoms with E-state index >= 15 is 0 Å². The highest BCUT2D eigenvalue weighted by Gasteiger charge is 2.46. The van der Waals surface area contributed by atoms with Gasteiger partial charge in [-0.3, -0.25) is 4.79 Å². The van der Waals surface area contributed by atoms with Crippen molar-refractivity contribution in [1.29, 1.82) is 0 Å². The molecule has 5 nitrogen and oxygen atoms in total.